The van der Waals surface area contributed by atoms with E-state index in [1.165, 1.54) is 5.56 Å². The largest absolute Gasteiger partial charge is 0.461 e. The summed E-state index contributed by atoms with van der Waals surface area (Å²) in [5.74, 6) is 0.917. The van der Waals surface area contributed by atoms with Crippen molar-refractivity contribution < 1.29 is 4.42 Å². The fourth-order valence-electron chi connectivity index (χ4n) is 2.45. The number of nitrogens with zero attached hydrogens (tertiary/aromatic N) is 1. The molecule has 2 nitrogen and oxygen atoms in total. The van der Waals surface area contributed by atoms with Gasteiger partial charge in [-0.1, -0.05) is 45.0 Å². The Kier molecular flexibility index (Phi) is 2.89. The van der Waals surface area contributed by atoms with Crippen LogP contribution in [-0.4, -0.2) is 4.98 Å². The zero-order chi connectivity index (χ0) is 14.3. The van der Waals surface area contributed by atoms with Crippen LogP contribution < -0.4 is 0 Å². The molecule has 0 atom stereocenters. The smallest absolute Gasteiger partial charge is 0.137 e. The van der Waals surface area contributed by atoms with Gasteiger partial charge in [-0.25, -0.2) is 0 Å². The van der Waals surface area contributed by atoms with E-state index < -0.39 is 0 Å². The molecule has 3 aromatic rings. The van der Waals surface area contributed by atoms with Crippen molar-refractivity contribution in [1.29, 1.82) is 0 Å². The second kappa shape index (κ2) is 4.48. The van der Waals surface area contributed by atoms with Gasteiger partial charge in [0.1, 0.15) is 11.3 Å². The molecule has 0 aliphatic heterocycles. The molecule has 20 heavy (non-hydrogen) atoms. The van der Waals surface area contributed by atoms with Gasteiger partial charge in [-0.05, 0) is 30.0 Å². The maximum atomic E-state index is 5.67. The molecule has 0 amide bonds. The van der Waals surface area contributed by atoms with Crippen LogP contribution in [0, 0.1) is 6.92 Å². The molecular weight excluding hydrogens is 246 g/mol. The lowest BCUT2D eigenvalue weighted by molar-refractivity contribution is 0.578. The highest BCUT2D eigenvalue weighted by Gasteiger charge is 2.14. The van der Waals surface area contributed by atoms with Crippen LogP contribution in [0.5, 0.6) is 0 Å². The number of benzene rings is 1. The van der Waals surface area contributed by atoms with Crippen molar-refractivity contribution in [1.82, 2.24) is 4.98 Å². The first-order valence-corrected chi connectivity index (χ1v) is 6.91. The second-order valence-electron chi connectivity index (χ2n) is 6.26. The van der Waals surface area contributed by atoms with Crippen molar-refractivity contribution >= 4 is 11.0 Å². The molecule has 0 fully saturated rings. The second-order valence-corrected chi connectivity index (χ2v) is 6.26. The molecule has 0 aliphatic carbocycles. The van der Waals surface area contributed by atoms with Gasteiger partial charge in [0, 0.05) is 17.1 Å². The number of hydrogen-bond donors (Lipinski definition) is 0. The normalized spacial score (nSPS) is 12.0. The van der Waals surface area contributed by atoms with Crippen molar-refractivity contribution in [3.63, 3.8) is 0 Å². The van der Waals surface area contributed by atoms with Crippen LogP contribution in [-0.2, 0) is 5.41 Å². The van der Waals surface area contributed by atoms with Gasteiger partial charge in [-0.15, -0.1) is 0 Å². The molecule has 0 saturated carbocycles. The highest BCUT2D eigenvalue weighted by molar-refractivity contribution is 5.91. The highest BCUT2D eigenvalue weighted by Crippen LogP contribution is 2.30. The summed E-state index contributed by atoms with van der Waals surface area (Å²) in [6.45, 7) is 8.63. The molecule has 3 rings (SSSR count). The van der Waals surface area contributed by atoms with Crippen LogP contribution in [0.2, 0.25) is 0 Å². The standard InChI is InChI=1S/C18H19NO/c1-12-11-15-16(20-12)9-10-19-17(15)13-5-7-14(8-6-13)18(2,3)4/h5-11H,1-4H3. The monoisotopic (exact) mass is 265 g/mol. The van der Waals surface area contributed by atoms with E-state index >= 15 is 0 Å². The van der Waals surface area contributed by atoms with Gasteiger partial charge in [0.2, 0.25) is 0 Å². The van der Waals surface area contributed by atoms with E-state index in [1.54, 1.807) is 6.20 Å². The Labute approximate surface area is 119 Å². The first-order chi connectivity index (χ1) is 9.45. The lowest BCUT2D eigenvalue weighted by atomic mass is 9.86. The Bertz CT molecular complexity index is 745. The number of aryl methyl sites for hydroxylation is 1. The number of furan rings is 1. The van der Waals surface area contributed by atoms with Gasteiger partial charge in [0.25, 0.3) is 0 Å². The molecule has 2 aromatic heterocycles. The fourth-order valence-corrected chi connectivity index (χ4v) is 2.45. The van der Waals surface area contributed by atoms with Crippen LogP contribution in [0.15, 0.2) is 47.0 Å². The number of fused-ring (bicyclic) bond motifs is 1. The van der Waals surface area contributed by atoms with Gasteiger partial charge in [0.15, 0.2) is 0 Å². The van der Waals surface area contributed by atoms with Crippen molar-refractivity contribution in [2.45, 2.75) is 33.1 Å². The third kappa shape index (κ3) is 2.22. The summed E-state index contributed by atoms with van der Waals surface area (Å²) >= 11 is 0. The highest BCUT2D eigenvalue weighted by atomic mass is 16.3. The lowest BCUT2D eigenvalue weighted by Gasteiger charge is -2.19. The SMILES string of the molecule is Cc1cc2c(-c3ccc(C(C)(C)C)cc3)nccc2o1. The first kappa shape index (κ1) is 12.9. The van der Waals surface area contributed by atoms with E-state index in [1.807, 2.05) is 13.0 Å². The van der Waals surface area contributed by atoms with Gasteiger partial charge in [0.05, 0.1) is 5.69 Å². The van der Waals surface area contributed by atoms with E-state index in [0.29, 0.717) is 0 Å². The third-order valence-electron chi connectivity index (χ3n) is 3.59. The average Bonchev–Trinajstić information content (AvgIpc) is 2.78. The zero-order valence-corrected chi connectivity index (χ0v) is 12.4. The van der Waals surface area contributed by atoms with E-state index in [-0.39, 0.29) is 5.41 Å². The Balaban J connectivity index is 2.11. The third-order valence-corrected chi connectivity index (χ3v) is 3.59. The van der Waals surface area contributed by atoms with E-state index in [4.69, 9.17) is 4.42 Å². The minimum Gasteiger partial charge on any atom is -0.461 e. The van der Waals surface area contributed by atoms with Gasteiger partial charge < -0.3 is 4.42 Å². The topological polar surface area (TPSA) is 26.0 Å². The number of pyridine rings is 1. The molecule has 2 heterocycles. The minimum atomic E-state index is 0.171. The van der Waals surface area contributed by atoms with Crippen LogP contribution in [0.25, 0.3) is 22.2 Å². The molecular formula is C18H19NO. The Morgan fingerprint density at radius 1 is 1.00 bits per heavy atom. The molecule has 0 spiro atoms. The molecule has 0 radical (unpaired) electrons. The van der Waals surface area contributed by atoms with Crippen molar-refractivity contribution in [2.75, 3.05) is 0 Å². The minimum absolute atomic E-state index is 0.171. The van der Waals surface area contributed by atoms with Crippen molar-refractivity contribution in [3.8, 4) is 11.3 Å². The molecule has 0 N–H and O–H groups in total. The fraction of sp³-hybridized carbons (Fsp3) is 0.278. The summed E-state index contributed by atoms with van der Waals surface area (Å²) in [5, 5.41) is 1.08. The predicted molar refractivity (Wildman–Crippen MR) is 82.9 cm³/mol. The van der Waals surface area contributed by atoms with Crippen LogP contribution in [0.4, 0.5) is 0 Å². The molecule has 102 valence electrons. The quantitative estimate of drug-likeness (QED) is 0.611. The summed E-state index contributed by atoms with van der Waals surface area (Å²) in [5.41, 5.74) is 4.51. The van der Waals surface area contributed by atoms with Crippen molar-refractivity contribution in [3.05, 3.63) is 53.9 Å². The maximum absolute atomic E-state index is 5.67. The molecule has 0 bridgehead atoms. The zero-order valence-electron chi connectivity index (χ0n) is 12.4. The van der Waals surface area contributed by atoms with E-state index in [2.05, 4.69) is 56.1 Å². The maximum Gasteiger partial charge on any atom is 0.137 e. The predicted octanol–water partition coefficient (Wildman–Crippen LogP) is 5.10. The van der Waals surface area contributed by atoms with Crippen LogP contribution in [0.1, 0.15) is 32.1 Å². The molecule has 0 aliphatic rings. The lowest BCUT2D eigenvalue weighted by Crippen LogP contribution is -2.10. The summed E-state index contributed by atoms with van der Waals surface area (Å²) in [6, 6.07) is 12.6. The van der Waals surface area contributed by atoms with E-state index in [9.17, 15) is 0 Å². The van der Waals surface area contributed by atoms with Gasteiger partial charge in [-0.3, -0.25) is 4.98 Å². The number of rotatable bonds is 1. The average molecular weight is 265 g/mol. The van der Waals surface area contributed by atoms with Gasteiger partial charge in [-0.2, -0.15) is 0 Å². The van der Waals surface area contributed by atoms with Crippen LogP contribution >= 0.6 is 0 Å². The number of aromatic nitrogens is 1. The summed E-state index contributed by atoms with van der Waals surface area (Å²) < 4.78 is 5.67. The Morgan fingerprint density at radius 3 is 2.35 bits per heavy atom. The molecule has 0 unspecified atom stereocenters. The van der Waals surface area contributed by atoms with Crippen LogP contribution in [0.3, 0.4) is 0 Å². The van der Waals surface area contributed by atoms with Crippen molar-refractivity contribution in [2.24, 2.45) is 0 Å². The molecule has 2 heteroatoms. The summed E-state index contributed by atoms with van der Waals surface area (Å²) in [6.07, 6.45) is 1.80. The Morgan fingerprint density at radius 2 is 1.70 bits per heavy atom. The van der Waals surface area contributed by atoms with Gasteiger partial charge >= 0.3 is 0 Å². The molecule has 1 aromatic carbocycles. The number of hydrogen-bond acceptors (Lipinski definition) is 2. The first-order valence-electron chi connectivity index (χ1n) is 6.91. The Hall–Kier alpha value is -2.09. The summed E-state index contributed by atoms with van der Waals surface area (Å²) in [7, 11) is 0. The summed E-state index contributed by atoms with van der Waals surface area (Å²) in [4.78, 5) is 4.52. The van der Waals surface area contributed by atoms with E-state index in [0.717, 1.165) is 28.0 Å². The molecule has 0 saturated heterocycles.